The predicted molar refractivity (Wildman–Crippen MR) is 79.8 cm³/mol. The Morgan fingerprint density at radius 3 is 2.20 bits per heavy atom. The minimum Gasteiger partial charge on any atom is -0.465 e. The average Bonchev–Trinajstić information content (AvgIpc) is 2.52. The maximum Gasteiger partial charge on any atom is 0.346 e. The first-order chi connectivity index (χ1) is 9.79. The number of methoxy groups -OCH3 is 1. The van der Waals surface area contributed by atoms with E-state index in [1.54, 1.807) is 6.08 Å². The molecule has 0 aromatic heterocycles. The minimum atomic E-state index is -0.433. The highest BCUT2D eigenvalue weighted by Gasteiger charge is 2.06. The van der Waals surface area contributed by atoms with Crippen LogP contribution in [0.25, 0.3) is 6.08 Å². The van der Waals surface area contributed by atoms with Crippen molar-refractivity contribution >= 4 is 12.0 Å². The van der Waals surface area contributed by atoms with Crippen LogP contribution >= 0.6 is 0 Å². The molecule has 0 aliphatic rings. The van der Waals surface area contributed by atoms with E-state index < -0.39 is 5.97 Å². The normalized spacial score (nSPS) is 10.3. The van der Waals surface area contributed by atoms with Gasteiger partial charge in [0.1, 0.15) is 5.57 Å². The number of hydrogen-bond donors (Lipinski definition) is 0. The van der Waals surface area contributed by atoms with Gasteiger partial charge in [-0.25, -0.2) is 4.79 Å². The lowest BCUT2D eigenvalue weighted by Crippen LogP contribution is -2.02. The number of carbonyl (C=O) groups excluding carboxylic acids is 1. The van der Waals surface area contributed by atoms with Crippen molar-refractivity contribution in [3.8, 4) is 11.8 Å². The monoisotopic (exact) mass is 262 g/mol. The lowest BCUT2D eigenvalue weighted by molar-refractivity contribution is -0.135. The number of benzene rings is 2. The van der Waals surface area contributed by atoms with Gasteiger partial charge in [0.25, 0.3) is 0 Å². The van der Waals surface area contributed by atoms with E-state index in [4.69, 9.17) is 4.74 Å². The van der Waals surface area contributed by atoms with E-state index in [0.29, 0.717) is 5.57 Å². The molecule has 0 atom stereocenters. The van der Waals surface area contributed by atoms with Gasteiger partial charge in [-0.2, -0.15) is 0 Å². The Balaban J connectivity index is 2.33. The number of esters is 1. The van der Waals surface area contributed by atoms with Gasteiger partial charge < -0.3 is 4.74 Å². The molecule has 0 radical (unpaired) electrons. The molecular formula is C18H14O2. The van der Waals surface area contributed by atoms with Gasteiger partial charge in [-0.1, -0.05) is 60.4 Å². The van der Waals surface area contributed by atoms with Gasteiger partial charge in [-0.05, 0) is 23.8 Å². The molecule has 2 aromatic carbocycles. The zero-order valence-electron chi connectivity index (χ0n) is 11.2. The van der Waals surface area contributed by atoms with Crippen molar-refractivity contribution in [2.45, 2.75) is 0 Å². The number of carbonyl (C=O) groups is 1. The van der Waals surface area contributed by atoms with Crippen LogP contribution in [0.2, 0.25) is 0 Å². The van der Waals surface area contributed by atoms with E-state index in [0.717, 1.165) is 11.1 Å². The number of rotatable bonds is 2. The van der Waals surface area contributed by atoms with Crippen molar-refractivity contribution in [1.82, 2.24) is 0 Å². The summed E-state index contributed by atoms with van der Waals surface area (Å²) < 4.78 is 4.76. The topological polar surface area (TPSA) is 26.3 Å². The third-order valence-electron chi connectivity index (χ3n) is 2.63. The molecule has 2 heteroatoms. The molecule has 0 heterocycles. The van der Waals surface area contributed by atoms with Crippen molar-refractivity contribution in [3.05, 3.63) is 77.4 Å². The first-order valence-corrected chi connectivity index (χ1v) is 6.22. The summed E-state index contributed by atoms with van der Waals surface area (Å²) in [5, 5.41) is 0. The SMILES string of the molecule is COC(=O)/C(C#Cc1ccccc1)=C/c1ccccc1. The van der Waals surface area contributed by atoms with E-state index in [1.807, 2.05) is 60.7 Å². The van der Waals surface area contributed by atoms with Gasteiger partial charge in [-0.3, -0.25) is 0 Å². The second-order valence-electron chi connectivity index (χ2n) is 4.08. The Labute approximate surface area is 118 Å². The third kappa shape index (κ3) is 3.86. The van der Waals surface area contributed by atoms with Crippen molar-refractivity contribution in [2.75, 3.05) is 7.11 Å². The van der Waals surface area contributed by atoms with E-state index in [-0.39, 0.29) is 0 Å². The van der Waals surface area contributed by atoms with Crippen molar-refractivity contribution < 1.29 is 9.53 Å². The van der Waals surface area contributed by atoms with Crippen LogP contribution in [-0.2, 0) is 9.53 Å². The van der Waals surface area contributed by atoms with Crippen LogP contribution in [0.5, 0.6) is 0 Å². The lowest BCUT2D eigenvalue weighted by Gasteiger charge is -1.98. The van der Waals surface area contributed by atoms with Gasteiger partial charge in [0, 0.05) is 5.56 Å². The molecule has 0 fully saturated rings. The smallest absolute Gasteiger partial charge is 0.346 e. The molecular weight excluding hydrogens is 248 g/mol. The second-order valence-corrected chi connectivity index (χ2v) is 4.08. The molecule has 0 saturated heterocycles. The Hall–Kier alpha value is -2.79. The molecule has 0 bridgehead atoms. The highest BCUT2D eigenvalue weighted by molar-refractivity contribution is 5.98. The van der Waals surface area contributed by atoms with Crippen molar-refractivity contribution in [1.29, 1.82) is 0 Å². The number of hydrogen-bond acceptors (Lipinski definition) is 2. The summed E-state index contributed by atoms with van der Waals surface area (Å²) in [4.78, 5) is 11.7. The molecule has 0 aliphatic carbocycles. The zero-order valence-corrected chi connectivity index (χ0v) is 11.2. The highest BCUT2D eigenvalue weighted by Crippen LogP contribution is 2.08. The fourth-order valence-electron chi connectivity index (χ4n) is 1.63. The standard InChI is InChI=1S/C18H14O2/c1-20-18(19)17(14-16-10-6-3-7-11-16)13-12-15-8-4-2-5-9-15/h2-11,14H,1H3/b17-14+. The fraction of sp³-hybridized carbons (Fsp3) is 0.0556. The minimum absolute atomic E-state index is 0.336. The molecule has 0 amide bonds. The van der Waals surface area contributed by atoms with Crippen LogP contribution in [0.1, 0.15) is 11.1 Å². The van der Waals surface area contributed by atoms with E-state index in [2.05, 4.69) is 11.8 Å². The Bertz CT molecular complexity index is 659. The van der Waals surface area contributed by atoms with Gasteiger partial charge in [0.2, 0.25) is 0 Å². The summed E-state index contributed by atoms with van der Waals surface area (Å²) >= 11 is 0. The Morgan fingerprint density at radius 1 is 1.00 bits per heavy atom. The Kier molecular flexibility index (Phi) is 4.75. The summed E-state index contributed by atoms with van der Waals surface area (Å²) in [7, 11) is 1.35. The molecule has 0 N–H and O–H groups in total. The number of ether oxygens (including phenoxy) is 1. The van der Waals surface area contributed by atoms with Crippen LogP contribution in [0.15, 0.2) is 66.2 Å². The van der Waals surface area contributed by atoms with Crippen LogP contribution in [0.4, 0.5) is 0 Å². The molecule has 0 saturated carbocycles. The molecule has 20 heavy (non-hydrogen) atoms. The summed E-state index contributed by atoms with van der Waals surface area (Å²) in [6.07, 6.45) is 1.72. The summed E-state index contributed by atoms with van der Waals surface area (Å²) in [5.74, 6) is 5.40. The van der Waals surface area contributed by atoms with E-state index in [1.165, 1.54) is 7.11 Å². The molecule has 2 nitrogen and oxygen atoms in total. The fourth-order valence-corrected chi connectivity index (χ4v) is 1.63. The maximum absolute atomic E-state index is 11.7. The van der Waals surface area contributed by atoms with Crippen LogP contribution in [-0.4, -0.2) is 13.1 Å². The highest BCUT2D eigenvalue weighted by atomic mass is 16.5. The van der Waals surface area contributed by atoms with Crippen LogP contribution < -0.4 is 0 Å². The summed E-state index contributed by atoms with van der Waals surface area (Å²) in [6.45, 7) is 0. The van der Waals surface area contributed by atoms with Crippen molar-refractivity contribution in [3.63, 3.8) is 0 Å². The van der Waals surface area contributed by atoms with E-state index in [9.17, 15) is 4.79 Å². The molecule has 0 aliphatic heterocycles. The first kappa shape index (κ1) is 13.6. The van der Waals surface area contributed by atoms with Crippen molar-refractivity contribution in [2.24, 2.45) is 0 Å². The maximum atomic E-state index is 11.7. The van der Waals surface area contributed by atoms with E-state index >= 15 is 0 Å². The van der Waals surface area contributed by atoms with Crippen LogP contribution in [0, 0.1) is 11.8 Å². The molecule has 2 aromatic rings. The molecule has 0 spiro atoms. The zero-order chi connectivity index (χ0) is 14.2. The van der Waals surface area contributed by atoms with Gasteiger partial charge in [0.05, 0.1) is 7.11 Å². The average molecular weight is 262 g/mol. The van der Waals surface area contributed by atoms with Gasteiger partial charge in [0.15, 0.2) is 0 Å². The van der Waals surface area contributed by atoms with Crippen LogP contribution in [0.3, 0.4) is 0 Å². The Morgan fingerprint density at radius 2 is 1.60 bits per heavy atom. The quantitative estimate of drug-likeness (QED) is 0.471. The lowest BCUT2D eigenvalue weighted by atomic mass is 10.1. The molecule has 2 rings (SSSR count). The first-order valence-electron chi connectivity index (χ1n) is 6.22. The summed E-state index contributed by atoms with van der Waals surface area (Å²) in [5.41, 5.74) is 2.10. The summed E-state index contributed by atoms with van der Waals surface area (Å²) in [6, 6.07) is 19.1. The predicted octanol–water partition coefficient (Wildman–Crippen LogP) is 3.29. The largest absolute Gasteiger partial charge is 0.465 e. The molecule has 0 unspecified atom stereocenters. The van der Waals surface area contributed by atoms with Gasteiger partial charge >= 0.3 is 5.97 Å². The molecule has 98 valence electrons. The second kappa shape index (κ2) is 6.96. The van der Waals surface area contributed by atoms with Gasteiger partial charge in [-0.15, -0.1) is 0 Å². The third-order valence-corrected chi connectivity index (χ3v) is 2.63.